The third-order valence-corrected chi connectivity index (χ3v) is 5.68. The summed E-state index contributed by atoms with van der Waals surface area (Å²) in [5.74, 6) is 0.768. The minimum Gasteiger partial charge on any atom is -0.444 e. The van der Waals surface area contributed by atoms with Crippen molar-refractivity contribution in [2.24, 2.45) is 0 Å². The molecule has 2 aliphatic rings. The van der Waals surface area contributed by atoms with E-state index in [1.165, 1.54) is 0 Å². The van der Waals surface area contributed by atoms with E-state index in [4.69, 9.17) is 16.3 Å². The van der Waals surface area contributed by atoms with Crippen LogP contribution in [0, 0.1) is 0 Å². The molecule has 0 spiro atoms. The van der Waals surface area contributed by atoms with E-state index in [2.05, 4.69) is 15.3 Å². The summed E-state index contributed by atoms with van der Waals surface area (Å²) in [6.07, 6.45) is 6.52. The Morgan fingerprint density at radius 3 is 2.68 bits per heavy atom. The molecule has 2 aromatic rings. The molecule has 4 rings (SSSR count). The number of anilines is 1. The number of ether oxygens (including phenoxy) is 1. The lowest BCUT2D eigenvalue weighted by atomic mass is 9.82. The predicted molar refractivity (Wildman–Crippen MR) is 111 cm³/mol. The number of hydrogen-bond donors (Lipinski definition) is 1. The van der Waals surface area contributed by atoms with Gasteiger partial charge in [0.1, 0.15) is 16.6 Å². The van der Waals surface area contributed by atoms with Gasteiger partial charge in [0.2, 0.25) is 0 Å². The number of carbonyl (C=O) groups is 1. The number of hydrogen-bond acceptors (Lipinski definition) is 5. The average molecular weight is 403 g/mol. The van der Waals surface area contributed by atoms with Gasteiger partial charge in [-0.3, -0.25) is 4.98 Å². The van der Waals surface area contributed by atoms with Crippen LogP contribution in [0.4, 0.5) is 10.6 Å². The van der Waals surface area contributed by atoms with Crippen molar-refractivity contribution in [1.82, 2.24) is 14.9 Å². The fraction of sp³-hybridized carbons (Fsp3) is 0.571. The molecule has 0 aliphatic carbocycles. The Morgan fingerprint density at radius 1 is 1.29 bits per heavy atom. The highest BCUT2D eigenvalue weighted by atomic mass is 35.5. The molecule has 4 heterocycles. The molecule has 150 valence electrons. The molecule has 1 N–H and O–H groups in total. The van der Waals surface area contributed by atoms with Crippen LogP contribution in [0.1, 0.15) is 52.9 Å². The molecule has 28 heavy (non-hydrogen) atoms. The number of carbonyl (C=O) groups excluding carboxylic acids is 1. The van der Waals surface area contributed by atoms with E-state index >= 15 is 0 Å². The maximum atomic E-state index is 12.8. The zero-order chi connectivity index (χ0) is 19.9. The quantitative estimate of drug-likeness (QED) is 0.714. The molecule has 2 aromatic heterocycles. The number of nitrogens with zero attached hydrogens (tertiary/aromatic N) is 3. The van der Waals surface area contributed by atoms with Crippen LogP contribution in [0.15, 0.2) is 24.4 Å². The monoisotopic (exact) mass is 402 g/mol. The normalized spacial score (nSPS) is 24.9. The van der Waals surface area contributed by atoms with Gasteiger partial charge in [-0.25, -0.2) is 9.78 Å². The van der Waals surface area contributed by atoms with Gasteiger partial charge in [-0.2, -0.15) is 0 Å². The van der Waals surface area contributed by atoms with E-state index in [0.29, 0.717) is 5.15 Å². The lowest BCUT2D eigenvalue weighted by molar-refractivity contribution is -0.0199. The van der Waals surface area contributed by atoms with Crippen molar-refractivity contribution in [1.29, 1.82) is 0 Å². The van der Waals surface area contributed by atoms with Crippen LogP contribution in [0.2, 0.25) is 5.15 Å². The maximum absolute atomic E-state index is 12.8. The Hall–Kier alpha value is -2.08. The highest BCUT2D eigenvalue weighted by Gasteiger charge is 2.42. The van der Waals surface area contributed by atoms with Gasteiger partial charge >= 0.3 is 6.09 Å². The molecule has 7 heteroatoms. The number of halogens is 1. The molecular formula is C21H27ClN4O2. The second-order valence-corrected chi connectivity index (χ2v) is 9.19. The topological polar surface area (TPSA) is 67.3 Å². The van der Waals surface area contributed by atoms with Crippen molar-refractivity contribution < 1.29 is 9.53 Å². The minimum absolute atomic E-state index is 0.184. The summed E-state index contributed by atoms with van der Waals surface area (Å²) in [4.78, 5) is 23.6. The number of rotatable bonds is 2. The van der Waals surface area contributed by atoms with E-state index in [0.717, 1.165) is 48.8 Å². The zero-order valence-corrected chi connectivity index (χ0v) is 17.4. The van der Waals surface area contributed by atoms with Crippen molar-refractivity contribution in [3.63, 3.8) is 0 Å². The van der Waals surface area contributed by atoms with Gasteiger partial charge in [-0.15, -0.1) is 0 Å². The fourth-order valence-corrected chi connectivity index (χ4v) is 4.65. The molecule has 2 saturated heterocycles. The van der Waals surface area contributed by atoms with Gasteiger partial charge in [0, 0.05) is 35.8 Å². The first kappa shape index (κ1) is 19.2. The Balaban J connectivity index is 1.53. The van der Waals surface area contributed by atoms with Crippen LogP contribution >= 0.6 is 11.6 Å². The Bertz CT molecular complexity index is 868. The second-order valence-electron chi connectivity index (χ2n) is 8.80. The summed E-state index contributed by atoms with van der Waals surface area (Å²) < 4.78 is 5.67. The number of aromatic nitrogens is 2. The summed E-state index contributed by atoms with van der Waals surface area (Å²) >= 11 is 6.20. The summed E-state index contributed by atoms with van der Waals surface area (Å²) in [6, 6.07) is 6.32. The lowest BCUT2D eigenvalue weighted by Gasteiger charge is -2.48. The number of piperidine rings is 2. The third kappa shape index (κ3) is 4.02. The molecule has 0 saturated carbocycles. The van der Waals surface area contributed by atoms with Crippen LogP contribution in [-0.4, -0.2) is 44.7 Å². The summed E-state index contributed by atoms with van der Waals surface area (Å²) in [5.41, 5.74) is 0.355. The molecule has 0 radical (unpaired) electrons. The molecular weight excluding hydrogens is 376 g/mol. The minimum atomic E-state index is -0.475. The van der Waals surface area contributed by atoms with Crippen LogP contribution in [0.25, 0.3) is 10.9 Å². The SMILES string of the molecule is CC(C)(C)OC(=O)N1[C@@H]2CCC[C@H]1C[C@@H](Nc1nc(Cl)cc3ncccc13)C2. The number of fused-ring (bicyclic) bond motifs is 3. The van der Waals surface area contributed by atoms with Crippen molar-refractivity contribution >= 4 is 34.4 Å². The molecule has 0 unspecified atom stereocenters. The number of pyridine rings is 2. The molecule has 1 amide bonds. The highest BCUT2D eigenvalue weighted by Crippen LogP contribution is 2.37. The zero-order valence-electron chi connectivity index (χ0n) is 16.6. The fourth-order valence-electron chi connectivity index (χ4n) is 4.46. The van der Waals surface area contributed by atoms with E-state index in [1.807, 2.05) is 37.8 Å². The molecule has 0 aromatic carbocycles. The molecule has 3 atom stereocenters. The van der Waals surface area contributed by atoms with Gasteiger partial charge in [-0.1, -0.05) is 11.6 Å². The maximum Gasteiger partial charge on any atom is 0.410 e. The largest absolute Gasteiger partial charge is 0.444 e. The summed E-state index contributed by atoms with van der Waals surface area (Å²) in [5, 5.41) is 4.98. The lowest BCUT2D eigenvalue weighted by Crippen LogP contribution is -2.58. The van der Waals surface area contributed by atoms with E-state index < -0.39 is 5.60 Å². The first-order valence-corrected chi connectivity index (χ1v) is 10.4. The van der Waals surface area contributed by atoms with Crippen LogP contribution < -0.4 is 5.32 Å². The Labute approximate surface area is 170 Å². The highest BCUT2D eigenvalue weighted by molar-refractivity contribution is 6.30. The smallest absolute Gasteiger partial charge is 0.410 e. The van der Waals surface area contributed by atoms with Gasteiger partial charge in [0.15, 0.2) is 0 Å². The van der Waals surface area contributed by atoms with Crippen LogP contribution in [0.5, 0.6) is 0 Å². The third-order valence-electron chi connectivity index (χ3n) is 5.49. The van der Waals surface area contributed by atoms with E-state index in [-0.39, 0.29) is 24.2 Å². The molecule has 2 fully saturated rings. The molecule has 2 aliphatic heterocycles. The Morgan fingerprint density at radius 2 is 2.00 bits per heavy atom. The number of nitrogens with one attached hydrogen (secondary N) is 1. The van der Waals surface area contributed by atoms with Gasteiger partial charge < -0.3 is 15.0 Å². The second kappa shape index (κ2) is 7.39. The van der Waals surface area contributed by atoms with Crippen molar-refractivity contribution in [3.05, 3.63) is 29.5 Å². The van der Waals surface area contributed by atoms with Gasteiger partial charge in [0.05, 0.1) is 5.52 Å². The number of amides is 1. The van der Waals surface area contributed by atoms with Crippen molar-refractivity contribution in [3.8, 4) is 0 Å². The standard InChI is InChI=1S/C21H27ClN4O2/c1-21(2,3)28-20(27)26-14-6-4-7-15(26)11-13(10-14)24-19-16-8-5-9-23-17(16)12-18(22)25-19/h5,8-9,12-15H,4,6-7,10-11H2,1-3H3,(H,24,25)/t13-,14+,15-. The van der Waals surface area contributed by atoms with Crippen LogP contribution in [0.3, 0.4) is 0 Å². The van der Waals surface area contributed by atoms with E-state index in [9.17, 15) is 4.79 Å². The first-order valence-electron chi connectivity index (χ1n) is 9.99. The summed E-state index contributed by atoms with van der Waals surface area (Å²) in [6.45, 7) is 5.75. The van der Waals surface area contributed by atoms with Gasteiger partial charge in [-0.05, 0) is 65.0 Å². The van der Waals surface area contributed by atoms with Crippen molar-refractivity contribution in [2.75, 3.05) is 5.32 Å². The van der Waals surface area contributed by atoms with Crippen LogP contribution in [-0.2, 0) is 4.74 Å². The molecule has 6 nitrogen and oxygen atoms in total. The average Bonchev–Trinajstić information content (AvgIpc) is 2.59. The van der Waals surface area contributed by atoms with Gasteiger partial charge in [0.25, 0.3) is 0 Å². The molecule has 2 bridgehead atoms. The van der Waals surface area contributed by atoms with Crippen molar-refractivity contribution in [2.45, 2.75) is 76.6 Å². The van der Waals surface area contributed by atoms with E-state index in [1.54, 1.807) is 12.3 Å². The summed E-state index contributed by atoms with van der Waals surface area (Å²) in [7, 11) is 0. The first-order chi connectivity index (χ1) is 13.3. The predicted octanol–water partition coefficient (Wildman–Crippen LogP) is 5.02. The Kier molecular flexibility index (Phi) is 5.08.